The van der Waals surface area contributed by atoms with E-state index in [1.807, 2.05) is 0 Å². The fraction of sp³-hybridized carbons (Fsp3) is 0.562. The summed E-state index contributed by atoms with van der Waals surface area (Å²) >= 11 is 0. The van der Waals surface area contributed by atoms with Crippen LogP contribution in [0.2, 0.25) is 0 Å². The average molecular weight is 298 g/mol. The van der Waals surface area contributed by atoms with Crippen LogP contribution in [-0.2, 0) is 9.53 Å². The van der Waals surface area contributed by atoms with E-state index in [9.17, 15) is 14.3 Å². The van der Waals surface area contributed by atoms with Crippen LogP contribution < -0.4 is 4.74 Å². The molecule has 1 unspecified atom stereocenters. The summed E-state index contributed by atoms with van der Waals surface area (Å²) in [6.07, 6.45) is 2.02. The Morgan fingerprint density at radius 2 is 2.10 bits per heavy atom. The van der Waals surface area contributed by atoms with E-state index in [-0.39, 0.29) is 11.7 Å². The maximum Gasteiger partial charge on any atom is 0.305 e. The molecule has 1 atom stereocenters. The van der Waals surface area contributed by atoms with Gasteiger partial charge in [-0.3, -0.25) is 4.79 Å². The van der Waals surface area contributed by atoms with Crippen molar-refractivity contribution < 1.29 is 23.8 Å². The molecule has 5 heteroatoms. The molecule has 4 nitrogen and oxygen atoms in total. The van der Waals surface area contributed by atoms with E-state index in [0.29, 0.717) is 25.2 Å². The zero-order valence-corrected chi connectivity index (χ0v) is 12.6. The van der Waals surface area contributed by atoms with E-state index in [1.165, 1.54) is 12.1 Å². The fourth-order valence-corrected chi connectivity index (χ4v) is 1.86. The minimum atomic E-state index is -0.698. The maximum atomic E-state index is 13.7. The minimum absolute atomic E-state index is 0.182. The Morgan fingerprint density at radius 3 is 2.71 bits per heavy atom. The number of hydrogen-bond donors (Lipinski definition) is 1. The van der Waals surface area contributed by atoms with Gasteiger partial charge in [-0.15, -0.1) is 0 Å². The van der Waals surface area contributed by atoms with Gasteiger partial charge in [0.05, 0.1) is 19.3 Å². The molecule has 0 heterocycles. The molecule has 0 saturated heterocycles. The molecule has 0 aliphatic carbocycles. The minimum Gasteiger partial charge on any atom is -0.491 e. The molecular weight excluding hydrogens is 275 g/mol. The van der Waals surface area contributed by atoms with Crippen LogP contribution in [0.1, 0.15) is 51.2 Å². The summed E-state index contributed by atoms with van der Waals surface area (Å²) in [6.45, 7) is 4.17. The van der Waals surface area contributed by atoms with Crippen molar-refractivity contribution >= 4 is 5.97 Å². The number of aliphatic hydroxyl groups is 1. The maximum absolute atomic E-state index is 13.7. The van der Waals surface area contributed by atoms with Gasteiger partial charge in [0.15, 0.2) is 11.6 Å². The van der Waals surface area contributed by atoms with Gasteiger partial charge in [0.1, 0.15) is 0 Å². The van der Waals surface area contributed by atoms with Gasteiger partial charge in [-0.2, -0.15) is 0 Å². The first-order chi connectivity index (χ1) is 10.0. The lowest BCUT2D eigenvalue weighted by molar-refractivity contribution is -0.143. The Hall–Kier alpha value is -1.62. The number of esters is 1. The molecular formula is C16H23FO4. The topological polar surface area (TPSA) is 55.8 Å². The number of aliphatic hydroxyl groups excluding tert-OH is 1. The van der Waals surface area contributed by atoms with Crippen molar-refractivity contribution in [1.29, 1.82) is 0 Å². The molecule has 0 amide bonds. The molecule has 0 radical (unpaired) electrons. The van der Waals surface area contributed by atoms with Crippen LogP contribution in [-0.4, -0.2) is 24.3 Å². The van der Waals surface area contributed by atoms with Crippen molar-refractivity contribution in [2.24, 2.45) is 0 Å². The Bertz CT molecular complexity index is 446. The first kappa shape index (κ1) is 17.4. The summed E-state index contributed by atoms with van der Waals surface area (Å²) in [6, 6.07) is 4.45. The van der Waals surface area contributed by atoms with Crippen molar-refractivity contribution in [3.63, 3.8) is 0 Å². The van der Waals surface area contributed by atoms with Crippen molar-refractivity contribution in [2.75, 3.05) is 13.2 Å². The normalized spacial score (nSPS) is 12.0. The zero-order valence-electron chi connectivity index (χ0n) is 12.6. The number of halogens is 1. The molecule has 1 aromatic carbocycles. The van der Waals surface area contributed by atoms with Gasteiger partial charge >= 0.3 is 5.97 Å². The first-order valence-corrected chi connectivity index (χ1v) is 7.30. The summed E-state index contributed by atoms with van der Waals surface area (Å²) in [4.78, 5) is 11.1. The third-order valence-electron chi connectivity index (χ3n) is 3.03. The van der Waals surface area contributed by atoms with E-state index in [2.05, 4.69) is 0 Å². The number of unbranched alkanes of at least 4 members (excludes halogenated alkanes) is 2. The van der Waals surface area contributed by atoms with E-state index >= 15 is 0 Å². The van der Waals surface area contributed by atoms with Gasteiger partial charge in [-0.05, 0) is 50.8 Å². The summed E-state index contributed by atoms with van der Waals surface area (Å²) in [5, 5.41) is 9.35. The van der Waals surface area contributed by atoms with E-state index in [4.69, 9.17) is 9.47 Å². The highest BCUT2D eigenvalue weighted by molar-refractivity contribution is 5.69. The lowest BCUT2D eigenvalue weighted by Crippen LogP contribution is -2.04. The van der Waals surface area contributed by atoms with Crippen LogP contribution >= 0.6 is 0 Å². The van der Waals surface area contributed by atoms with Crippen LogP contribution in [0.15, 0.2) is 18.2 Å². The molecule has 0 spiro atoms. The predicted octanol–water partition coefficient (Wildman–Crippen LogP) is 3.38. The lowest BCUT2D eigenvalue weighted by atomic mass is 10.1. The van der Waals surface area contributed by atoms with Gasteiger partial charge in [-0.25, -0.2) is 4.39 Å². The average Bonchev–Trinajstić information content (AvgIpc) is 2.44. The highest BCUT2D eigenvalue weighted by Crippen LogP contribution is 2.22. The van der Waals surface area contributed by atoms with E-state index in [0.717, 1.165) is 19.3 Å². The first-order valence-electron chi connectivity index (χ1n) is 7.30. The van der Waals surface area contributed by atoms with Gasteiger partial charge < -0.3 is 14.6 Å². The van der Waals surface area contributed by atoms with Gasteiger partial charge in [0.2, 0.25) is 0 Å². The second-order valence-electron chi connectivity index (χ2n) is 4.83. The van der Waals surface area contributed by atoms with Crippen molar-refractivity contribution in [3.05, 3.63) is 29.6 Å². The number of hydrogen-bond acceptors (Lipinski definition) is 4. The van der Waals surface area contributed by atoms with E-state index in [1.54, 1.807) is 19.9 Å². The second-order valence-corrected chi connectivity index (χ2v) is 4.83. The smallest absolute Gasteiger partial charge is 0.305 e. The third-order valence-corrected chi connectivity index (χ3v) is 3.03. The Morgan fingerprint density at radius 1 is 1.33 bits per heavy atom. The van der Waals surface area contributed by atoms with Crippen LogP contribution in [0.5, 0.6) is 5.75 Å². The fourth-order valence-electron chi connectivity index (χ4n) is 1.86. The summed E-state index contributed by atoms with van der Waals surface area (Å²) in [5.74, 6) is -0.470. The summed E-state index contributed by atoms with van der Waals surface area (Å²) in [5.41, 5.74) is 0.522. The molecule has 0 bridgehead atoms. The molecule has 0 aliphatic heterocycles. The largest absolute Gasteiger partial charge is 0.491 e. The van der Waals surface area contributed by atoms with Crippen molar-refractivity contribution in [3.8, 4) is 5.75 Å². The number of carbonyl (C=O) groups excluding carboxylic acids is 1. The van der Waals surface area contributed by atoms with Crippen molar-refractivity contribution in [2.45, 2.75) is 45.6 Å². The number of ether oxygens (including phenoxy) is 2. The Kier molecular flexibility index (Phi) is 7.75. The SMILES string of the molecule is CCOC(=O)CCCCCOc1ccc(C(C)O)cc1F. The number of carbonyl (C=O) groups is 1. The van der Waals surface area contributed by atoms with Crippen LogP contribution in [0.3, 0.4) is 0 Å². The molecule has 1 N–H and O–H groups in total. The predicted molar refractivity (Wildman–Crippen MR) is 77.6 cm³/mol. The lowest BCUT2D eigenvalue weighted by Gasteiger charge is -2.10. The Labute approximate surface area is 124 Å². The van der Waals surface area contributed by atoms with E-state index < -0.39 is 11.9 Å². The molecule has 0 saturated carbocycles. The monoisotopic (exact) mass is 298 g/mol. The molecule has 1 rings (SSSR count). The quantitative estimate of drug-likeness (QED) is 0.561. The highest BCUT2D eigenvalue weighted by Gasteiger charge is 2.08. The van der Waals surface area contributed by atoms with Crippen LogP contribution in [0.25, 0.3) is 0 Å². The third kappa shape index (κ3) is 6.58. The molecule has 0 aromatic heterocycles. The zero-order chi connectivity index (χ0) is 15.7. The molecule has 118 valence electrons. The van der Waals surface area contributed by atoms with Gasteiger partial charge in [0, 0.05) is 6.42 Å². The van der Waals surface area contributed by atoms with Gasteiger partial charge in [0.25, 0.3) is 0 Å². The van der Waals surface area contributed by atoms with Crippen molar-refractivity contribution in [1.82, 2.24) is 0 Å². The number of benzene rings is 1. The number of rotatable bonds is 9. The highest BCUT2D eigenvalue weighted by atomic mass is 19.1. The Balaban J connectivity index is 2.22. The second kappa shape index (κ2) is 9.34. The summed E-state index contributed by atoms with van der Waals surface area (Å²) < 4.78 is 23.9. The molecule has 0 aliphatic rings. The van der Waals surface area contributed by atoms with Gasteiger partial charge in [-0.1, -0.05) is 6.07 Å². The molecule has 21 heavy (non-hydrogen) atoms. The summed E-state index contributed by atoms with van der Waals surface area (Å²) in [7, 11) is 0. The molecule has 1 aromatic rings. The standard InChI is InChI=1S/C16H23FO4/c1-3-20-16(19)7-5-4-6-10-21-15-9-8-13(12(2)18)11-14(15)17/h8-9,11-12,18H,3-7,10H2,1-2H3. The molecule has 0 fully saturated rings. The van der Waals surface area contributed by atoms with Crippen LogP contribution in [0, 0.1) is 5.82 Å². The van der Waals surface area contributed by atoms with Crippen LogP contribution in [0.4, 0.5) is 4.39 Å².